The van der Waals surface area contributed by atoms with Crippen molar-refractivity contribution in [2.24, 2.45) is 5.92 Å². The third-order valence-electron chi connectivity index (χ3n) is 3.50. The van der Waals surface area contributed by atoms with Crippen LogP contribution in [0, 0.1) is 5.92 Å². The zero-order valence-electron chi connectivity index (χ0n) is 10.7. The van der Waals surface area contributed by atoms with E-state index >= 15 is 0 Å². The minimum atomic E-state index is -0.623. The van der Waals surface area contributed by atoms with Gasteiger partial charge in [0.15, 0.2) is 0 Å². The molecule has 1 unspecified atom stereocenters. The SMILES string of the molecule is COc1ccc(CC(C)(O)C2CC2)c(OC)c1. The molecule has 17 heavy (non-hydrogen) atoms. The first-order chi connectivity index (χ1) is 8.06. The summed E-state index contributed by atoms with van der Waals surface area (Å²) in [4.78, 5) is 0. The van der Waals surface area contributed by atoms with Crippen molar-refractivity contribution in [2.75, 3.05) is 14.2 Å². The van der Waals surface area contributed by atoms with Crippen LogP contribution in [0.1, 0.15) is 25.3 Å². The lowest BCUT2D eigenvalue weighted by atomic mass is 9.91. The van der Waals surface area contributed by atoms with Crippen LogP contribution >= 0.6 is 0 Å². The number of methoxy groups -OCH3 is 2. The summed E-state index contributed by atoms with van der Waals surface area (Å²) in [6, 6.07) is 5.73. The number of hydrogen-bond acceptors (Lipinski definition) is 3. The molecule has 0 saturated heterocycles. The molecule has 0 radical (unpaired) electrons. The van der Waals surface area contributed by atoms with Gasteiger partial charge >= 0.3 is 0 Å². The predicted molar refractivity (Wildman–Crippen MR) is 66.6 cm³/mol. The summed E-state index contributed by atoms with van der Waals surface area (Å²) in [5.74, 6) is 2.00. The molecule has 1 atom stereocenters. The van der Waals surface area contributed by atoms with Gasteiger partial charge in [0.1, 0.15) is 11.5 Å². The number of hydrogen-bond donors (Lipinski definition) is 1. The first kappa shape index (κ1) is 12.2. The molecule has 1 aliphatic carbocycles. The van der Waals surface area contributed by atoms with Gasteiger partial charge in [-0.2, -0.15) is 0 Å². The Balaban J connectivity index is 2.19. The van der Waals surface area contributed by atoms with E-state index in [1.54, 1.807) is 14.2 Å². The van der Waals surface area contributed by atoms with Crippen LogP contribution in [-0.4, -0.2) is 24.9 Å². The maximum Gasteiger partial charge on any atom is 0.125 e. The molecule has 3 heteroatoms. The van der Waals surface area contributed by atoms with Gasteiger partial charge in [0.25, 0.3) is 0 Å². The van der Waals surface area contributed by atoms with Gasteiger partial charge < -0.3 is 14.6 Å². The Morgan fingerprint density at radius 2 is 2.00 bits per heavy atom. The molecule has 1 aliphatic rings. The largest absolute Gasteiger partial charge is 0.497 e. The fraction of sp³-hybridized carbons (Fsp3) is 0.571. The molecule has 94 valence electrons. The van der Waals surface area contributed by atoms with Gasteiger partial charge in [-0.15, -0.1) is 0 Å². The van der Waals surface area contributed by atoms with Crippen molar-refractivity contribution in [1.82, 2.24) is 0 Å². The van der Waals surface area contributed by atoms with E-state index in [-0.39, 0.29) is 0 Å². The third-order valence-corrected chi connectivity index (χ3v) is 3.50. The zero-order valence-corrected chi connectivity index (χ0v) is 10.7. The summed E-state index contributed by atoms with van der Waals surface area (Å²) in [6.45, 7) is 1.91. The normalized spacial score (nSPS) is 18.6. The molecule has 1 saturated carbocycles. The van der Waals surface area contributed by atoms with Crippen molar-refractivity contribution < 1.29 is 14.6 Å². The summed E-state index contributed by atoms with van der Waals surface area (Å²) in [5.41, 5.74) is 0.409. The lowest BCUT2D eigenvalue weighted by Gasteiger charge is -2.24. The average Bonchev–Trinajstić information content (AvgIpc) is 3.13. The number of rotatable bonds is 5. The van der Waals surface area contributed by atoms with Gasteiger partial charge in [0.05, 0.1) is 19.8 Å². The summed E-state index contributed by atoms with van der Waals surface area (Å²) >= 11 is 0. The molecular formula is C14H20O3. The molecule has 1 fully saturated rings. The fourth-order valence-corrected chi connectivity index (χ4v) is 2.23. The van der Waals surface area contributed by atoms with E-state index in [0.29, 0.717) is 12.3 Å². The zero-order chi connectivity index (χ0) is 12.5. The maximum atomic E-state index is 10.4. The van der Waals surface area contributed by atoms with Gasteiger partial charge in [-0.3, -0.25) is 0 Å². The van der Waals surface area contributed by atoms with Gasteiger partial charge in [-0.05, 0) is 37.3 Å². The molecule has 0 bridgehead atoms. The second-order valence-corrected chi connectivity index (χ2v) is 4.99. The lowest BCUT2D eigenvalue weighted by molar-refractivity contribution is 0.0366. The number of aliphatic hydroxyl groups is 1. The Hall–Kier alpha value is -1.22. The van der Waals surface area contributed by atoms with Gasteiger partial charge in [-0.1, -0.05) is 6.07 Å². The van der Waals surface area contributed by atoms with Gasteiger partial charge in [-0.25, -0.2) is 0 Å². The average molecular weight is 236 g/mol. The number of benzene rings is 1. The van der Waals surface area contributed by atoms with Crippen molar-refractivity contribution in [3.63, 3.8) is 0 Å². The Labute approximate surface area is 102 Å². The van der Waals surface area contributed by atoms with Crippen molar-refractivity contribution >= 4 is 0 Å². The lowest BCUT2D eigenvalue weighted by Crippen LogP contribution is -2.29. The van der Waals surface area contributed by atoms with Gasteiger partial charge in [0, 0.05) is 12.5 Å². The van der Waals surface area contributed by atoms with E-state index in [0.717, 1.165) is 29.9 Å². The van der Waals surface area contributed by atoms with Crippen LogP contribution in [0.3, 0.4) is 0 Å². The van der Waals surface area contributed by atoms with Crippen LogP contribution in [0.4, 0.5) is 0 Å². The van der Waals surface area contributed by atoms with Crippen LogP contribution < -0.4 is 9.47 Å². The topological polar surface area (TPSA) is 38.7 Å². The molecule has 1 N–H and O–H groups in total. The number of ether oxygens (including phenoxy) is 2. The molecular weight excluding hydrogens is 216 g/mol. The fourth-order valence-electron chi connectivity index (χ4n) is 2.23. The molecule has 1 aromatic rings. The van der Waals surface area contributed by atoms with Crippen LogP contribution in [0.5, 0.6) is 11.5 Å². The van der Waals surface area contributed by atoms with Crippen LogP contribution in [0.25, 0.3) is 0 Å². The molecule has 3 nitrogen and oxygen atoms in total. The molecule has 0 spiro atoms. The second-order valence-electron chi connectivity index (χ2n) is 4.99. The standard InChI is InChI=1S/C14H20O3/c1-14(15,11-5-6-11)9-10-4-7-12(16-2)8-13(10)17-3/h4,7-8,11,15H,5-6,9H2,1-3H3. The third kappa shape index (κ3) is 2.72. The summed E-state index contributed by atoms with van der Waals surface area (Å²) < 4.78 is 10.5. The minimum Gasteiger partial charge on any atom is -0.497 e. The second kappa shape index (κ2) is 4.57. The highest BCUT2D eigenvalue weighted by Gasteiger charge is 2.40. The summed E-state index contributed by atoms with van der Waals surface area (Å²) in [6.07, 6.45) is 2.89. The van der Waals surface area contributed by atoms with Crippen molar-refractivity contribution in [1.29, 1.82) is 0 Å². The molecule has 2 rings (SSSR count). The molecule has 0 aromatic heterocycles. The Kier molecular flexibility index (Phi) is 3.29. The smallest absolute Gasteiger partial charge is 0.125 e. The van der Waals surface area contributed by atoms with Crippen molar-refractivity contribution in [2.45, 2.75) is 31.8 Å². The van der Waals surface area contributed by atoms with E-state index in [4.69, 9.17) is 9.47 Å². The Morgan fingerprint density at radius 3 is 2.53 bits per heavy atom. The van der Waals surface area contributed by atoms with Crippen LogP contribution in [0.15, 0.2) is 18.2 Å². The van der Waals surface area contributed by atoms with E-state index in [2.05, 4.69) is 0 Å². The quantitative estimate of drug-likeness (QED) is 0.853. The first-order valence-electron chi connectivity index (χ1n) is 6.00. The summed E-state index contributed by atoms with van der Waals surface area (Å²) in [5, 5.41) is 10.4. The predicted octanol–water partition coefficient (Wildman–Crippen LogP) is 2.41. The van der Waals surface area contributed by atoms with Crippen molar-refractivity contribution in [3.8, 4) is 11.5 Å². The van der Waals surface area contributed by atoms with Gasteiger partial charge in [0.2, 0.25) is 0 Å². The minimum absolute atomic E-state index is 0.439. The highest BCUT2D eigenvalue weighted by Crippen LogP contribution is 2.42. The Morgan fingerprint density at radius 1 is 1.29 bits per heavy atom. The highest BCUT2D eigenvalue weighted by molar-refractivity contribution is 5.41. The van der Waals surface area contributed by atoms with E-state index in [1.165, 1.54) is 0 Å². The van der Waals surface area contributed by atoms with E-state index in [1.807, 2.05) is 25.1 Å². The van der Waals surface area contributed by atoms with Crippen LogP contribution in [0.2, 0.25) is 0 Å². The van der Waals surface area contributed by atoms with E-state index < -0.39 is 5.60 Å². The molecule has 0 heterocycles. The van der Waals surface area contributed by atoms with Crippen LogP contribution in [-0.2, 0) is 6.42 Å². The monoisotopic (exact) mass is 236 g/mol. The summed E-state index contributed by atoms with van der Waals surface area (Å²) in [7, 11) is 3.28. The Bertz CT molecular complexity index is 394. The molecule has 0 amide bonds. The molecule has 0 aliphatic heterocycles. The van der Waals surface area contributed by atoms with E-state index in [9.17, 15) is 5.11 Å². The molecule has 1 aromatic carbocycles. The first-order valence-corrected chi connectivity index (χ1v) is 6.00. The maximum absolute atomic E-state index is 10.4. The highest BCUT2D eigenvalue weighted by atomic mass is 16.5. The van der Waals surface area contributed by atoms with Crippen molar-refractivity contribution in [3.05, 3.63) is 23.8 Å².